The van der Waals surface area contributed by atoms with Crippen LogP contribution < -0.4 is 5.32 Å². The first-order valence-corrected chi connectivity index (χ1v) is 7.78. The third kappa shape index (κ3) is 4.37. The summed E-state index contributed by atoms with van der Waals surface area (Å²) in [6.07, 6.45) is 3.84. The van der Waals surface area contributed by atoms with Crippen molar-refractivity contribution in [3.63, 3.8) is 0 Å². The van der Waals surface area contributed by atoms with Gasteiger partial charge in [0, 0.05) is 38.4 Å². The van der Waals surface area contributed by atoms with E-state index >= 15 is 0 Å². The molecule has 2 rings (SSSR count). The van der Waals surface area contributed by atoms with E-state index in [-0.39, 0.29) is 5.41 Å². The molecule has 126 valence electrons. The van der Waals surface area contributed by atoms with Gasteiger partial charge in [-0.15, -0.1) is 0 Å². The van der Waals surface area contributed by atoms with E-state index in [1.165, 1.54) is 5.69 Å². The van der Waals surface area contributed by atoms with Gasteiger partial charge in [0.05, 0.1) is 19.3 Å². The van der Waals surface area contributed by atoms with Crippen molar-refractivity contribution >= 4 is 5.96 Å². The van der Waals surface area contributed by atoms with Crippen LogP contribution in [0, 0.1) is 0 Å². The summed E-state index contributed by atoms with van der Waals surface area (Å²) in [6, 6.07) is 4.15. The Morgan fingerprint density at radius 3 is 2.70 bits per heavy atom. The van der Waals surface area contributed by atoms with Crippen LogP contribution in [0.15, 0.2) is 33.9 Å². The Morgan fingerprint density at radius 2 is 2.17 bits per heavy atom. The van der Waals surface area contributed by atoms with Gasteiger partial charge >= 0.3 is 0 Å². The molecule has 0 unspecified atom stereocenters. The quantitative estimate of drug-likeness (QED) is 0.695. The van der Waals surface area contributed by atoms with Crippen LogP contribution in [0.4, 0.5) is 0 Å². The maximum absolute atomic E-state index is 5.80. The molecule has 0 saturated heterocycles. The van der Waals surface area contributed by atoms with E-state index in [1.807, 2.05) is 26.4 Å². The van der Waals surface area contributed by atoms with Gasteiger partial charge in [-0.2, -0.15) is 0 Å². The van der Waals surface area contributed by atoms with Crippen molar-refractivity contribution < 1.29 is 4.42 Å². The van der Waals surface area contributed by atoms with E-state index in [0.717, 1.165) is 18.3 Å². The van der Waals surface area contributed by atoms with E-state index in [0.29, 0.717) is 12.4 Å². The lowest BCUT2D eigenvalue weighted by atomic mass is 9.94. The Labute approximate surface area is 138 Å². The van der Waals surface area contributed by atoms with Crippen LogP contribution in [0.3, 0.4) is 0 Å². The lowest BCUT2D eigenvalue weighted by Crippen LogP contribution is -2.38. The molecule has 0 amide bonds. The fourth-order valence-electron chi connectivity index (χ4n) is 2.26. The average molecular weight is 317 g/mol. The highest BCUT2D eigenvalue weighted by Crippen LogP contribution is 2.22. The summed E-state index contributed by atoms with van der Waals surface area (Å²) >= 11 is 0. The topological polar surface area (TPSA) is 58.6 Å². The molecule has 0 saturated carbocycles. The van der Waals surface area contributed by atoms with Gasteiger partial charge in [0.15, 0.2) is 5.96 Å². The molecule has 6 heteroatoms. The molecule has 2 aromatic rings. The Morgan fingerprint density at radius 1 is 1.43 bits per heavy atom. The minimum absolute atomic E-state index is 0.0315. The molecule has 0 aliphatic rings. The highest BCUT2D eigenvalue weighted by molar-refractivity contribution is 5.79. The summed E-state index contributed by atoms with van der Waals surface area (Å²) in [7, 11) is 5.83. The highest BCUT2D eigenvalue weighted by Gasteiger charge is 2.19. The second kappa shape index (κ2) is 6.89. The van der Waals surface area contributed by atoms with E-state index in [9.17, 15) is 0 Å². The summed E-state index contributed by atoms with van der Waals surface area (Å²) in [5.41, 5.74) is 1.19. The van der Waals surface area contributed by atoms with Gasteiger partial charge in [-0.3, -0.25) is 4.99 Å². The number of hydrogen-bond donors (Lipinski definition) is 1. The molecule has 0 bridgehead atoms. The fraction of sp³-hybridized carbons (Fsp3) is 0.529. The molecule has 1 N–H and O–H groups in total. The van der Waals surface area contributed by atoms with Crippen LogP contribution >= 0.6 is 0 Å². The van der Waals surface area contributed by atoms with Gasteiger partial charge in [0.25, 0.3) is 0 Å². The Hall–Kier alpha value is -2.24. The number of guanidine groups is 1. The van der Waals surface area contributed by atoms with Crippen LogP contribution in [0.25, 0.3) is 0 Å². The third-order valence-corrected chi connectivity index (χ3v) is 3.71. The number of aliphatic imine (C=N–C) groups is 1. The number of rotatable bonds is 4. The Balaban J connectivity index is 1.95. The largest absolute Gasteiger partial charge is 0.443 e. The van der Waals surface area contributed by atoms with E-state index in [2.05, 4.69) is 51.6 Å². The molecule has 0 aromatic carbocycles. The van der Waals surface area contributed by atoms with Crippen molar-refractivity contribution in [2.75, 3.05) is 14.1 Å². The van der Waals surface area contributed by atoms with Crippen molar-refractivity contribution in [2.45, 2.75) is 39.3 Å². The van der Waals surface area contributed by atoms with Gasteiger partial charge in [-0.05, 0) is 12.1 Å². The van der Waals surface area contributed by atoms with E-state index in [4.69, 9.17) is 4.42 Å². The Bertz CT molecular complexity index is 663. The van der Waals surface area contributed by atoms with E-state index in [1.54, 1.807) is 13.2 Å². The van der Waals surface area contributed by atoms with Crippen molar-refractivity contribution in [1.29, 1.82) is 0 Å². The highest BCUT2D eigenvalue weighted by atomic mass is 16.4. The van der Waals surface area contributed by atoms with Crippen LogP contribution in [0.1, 0.15) is 38.1 Å². The number of nitrogens with zero attached hydrogens (tertiary/aromatic N) is 4. The molecule has 0 aliphatic carbocycles. The molecule has 2 heterocycles. The molecule has 0 radical (unpaired) electrons. The molecule has 6 nitrogen and oxygen atoms in total. The van der Waals surface area contributed by atoms with Gasteiger partial charge in [0.1, 0.15) is 5.76 Å². The van der Waals surface area contributed by atoms with Crippen LogP contribution in [-0.2, 0) is 25.6 Å². The lowest BCUT2D eigenvalue weighted by Gasteiger charge is -2.22. The van der Waals surface area contributed by atoms with E-state index < -0.39 is 0 Å². The molecule has 0 aliphatic heterocycles. The number of aromatic nitrogens is 2. The molecule has 0 fully saturated rings. The summed E-state index contributed by atoms with van der Waals surface area (Å²) in [5, 5.41) is 3.29. The summed E-state index contributed by atoms with van der Waals surface area (Å²) in [5.74, 6) is 2.37. The number of nitrogens with one attached hydrogen (secondary N) is 1. The smallest absolute Gasteiger partial charge is 0.213 e. The first kappa shape index (κ1) is 17.1. The average Bonchev–Trinajstić information content (AvgIpc) is 3.09. The summed E-state index contributed by atoms with van der Waals surface area (Å²) in [4.78, 5) is 10.7. The molecule has 2 aromatic heterocycles. The first-order chi connectivity index (χ1) is 10.8. The molecule has 23 heavy (non-hydrogen) atoms. The van der Waals surface area contributed by atoms with Gasteiger partial charge in [-0.1, -0.05) is 20.8 Å². The molecular weight excluding hydrogens is 290 g/mol. The lowest BCUT2D eigenvalue weighted by molar-refractivity contribution is 0.376. The second-order valence-electron chi connectivity index (χ2n) is 6.74. The molecule has 0 atom stereocenters. The zero-order valence-electron chi connectivity index (χ0n) is 14.9. The van der Waals surface area contributed by atoms with Crippen LogP contribution in [0.5, 0.6) is 0 Å². The number of aryl methyl sites for hydroxylation is 1. The SMILES string of the molecule is CN=C(NCc1ncc(C(C)(C)C)o1)N(C)Cc1cccn1C. The van der Waals surface area contributed by atoms with Gasteiger partial charge < -0.3 is 19.2 Å². The maximum Gasteiger partial charge on any atom is 0.213 e. The second-order valence-corrected chi connectivity index (χ2v) is 6.74. The standard InChI is InChI=1S/C17H27N5O/c1-17(2,3)14-10-19-15(23-14)11-20-16(18-4)22(6)12-13-8-7-9-21(13)5/h7-10H,11-12H2,1-6H3,(H,18,20). The van der Waals surface area contributed by atoms with Gasteiger partial charge in [0.2, 0.25) is 5.89 Å². The van der Waals surface area contributed by atoms with Crippen molar-refractivity contribution in [1.82, 2.24) is 19.8 Å². The number of hydrogen-bond acceptors (Lipinski definition) is 3. The fourth-order valence-corrected chi connectivity index (χ4v) is 2.26. The first-order valence-electron chi connectivity index (χ1n) is 7.78. The van der Waals surface area contributed by atoms with Crippen LogP contribution in [-0.4, -0.2) is 34.5 Å². The Kier molecular flexibility index (Phi) is 5.13. The number of oxazole rings is 1. The monoisotopic (exact) mass is 317 g/mol. The van der Waals surface area contributed by atoms with Crippen molar-refractivity contribution in [2.24, 2.45) is 12.0 Å². The predicted molar refractivity (Wildman–Crippen MR) is 92.3 cm³/mol. The summed E-state index contributed by atoms with van der Waals surface area (Å²) in [6.45, 7) is 7.62. The molecular formula is C17H27N5O. The summed E-state index contributed by atoms with van der Waals surface area (Å²) < 4.78 is 7.90. The zero-order valence-corrected chi connectivity index (χ0v) is 14.9. The minimum Gasteiger partial charge on any atom is -0.443 e. The van der Waals surface area contributed by atoms with Crippen molar-refractivity contribution in [3.8, 4) is 0 Å². The maximum atomic E-state index is 5.80. The van der Waals surface area contributed by atoms with Crippen LogP contribution in [0.2, 0.25) is 0 Å². The zero-order chi connectivity index (χ0) is 17.0. The van der Waals surface area contributed by atoms with Crippen molar-refractivity contribution in [3.05, 3.63) is 41.9 Å². The normalized spacial score (nSPS) is 12.5. The predicted octanol–water partition coefficient (Wildman–Crippen LogP) is 2.52. The molecule has 0 spiro atoms. The minimum atomic E-state index is -0.0315. The third-order valence-electron chi connectivity index (χ3n) is 3.71. The van der Waals surface area contributed by atoms with Gasteiger partial charge in [-0.25, -0.2) is 4.98 Å².